The first-order valence-electron chi connectivity index (χ1n) is 8.38. The van der Waals surface area contributed by atoms with Gasteiger partial charge in [-0.25, -0.2) is 0 Å². The zero-order valence-corrected chi connectivity index (χ0v) is 13.8. The quantitative estimate of drug-likeness (QED) is 0.814. The van der Waals surface area contributed by atoms with E-state index >= 15 is 0 Å². The van der Waals surface area contributed by atoms with Crippen molar-refractivity contribution >= 4 is 5.91 Å². The topological polar surface area (TPSA) is 47.0 Å². The molecule has 5 nitrogen and oxygen atoms in total. The molecule has 2 fully saturated rings. The van der Waals surface area contributed by atoms with Crippen LogP contribution in [0.2, 0.25) is 0 Å². The fourth-order valence-corrected chi connectivity index (χ4v) is 3.54. The lowest BCUT2D eigenvalue weighted by Crippen LogP contribution is -2.55. The first-order valence-corrected chi connectivity index (χ1v) is 8.38. The fourth-order valence-electron chi connectivity index (χ4n) is 3.54. The number of β-amino-alcohol motifs (C(OH)–C–C–N with tert-alkyl or cyclic N) is 1. The molecule has 122 valence electrons. The second-order valence-electron chi connectivity index (χ2n) is 7.11. The predicted octanol–water partition coefficient (Wildman–Crippen LogP) is 0.776. The minimum Gasteiger partial charge on any atom is -0.389 e. The molecule has 1 unspecified atom stereocenters. The molecular formula is C16H31N3O2. The summed E-state index contributed by atoms with van der Waals surface area (Å²) in [5.41, 5.74) is -0.657. The summed E-state index contributed by atoms with van der Waals surface area (Å²) < 4.78 is 0. The van der Waals surface area contributed by atoms with Crippen molar-refractivity contribution in [1.29, 1.82) is 0 Å². The minimum absolute atomic E-state index is 0.116. The van der Waals surface area contributed by atoms with Gasteiger partial charge in [-0.1, -0.05) is 6.92 Å². The molecule has 0 bridgehead atoms. The Kier molecular flexibility index (Phi) is 5.63. The Morgan fingerprint density at radius 3 is 2.43 bits per heavy atom. The highest BCUT2D eigenvalue weighted by molar-refractivity contribution is 5.82. The molecule has 1 amide bonds. The van der Waals surface area contributed by atoms with E-state index in [2.05, 4.69) is 16.7 Å². The van der Waals surface area contributed by atoms with Crippen molar-refractivity contribution in [2.24, 2.45) is 0 Å². The molecule has 2 saturated heterocycles. The molecule has 2 heterocycles. The maximum absolute atomic E-state index is 12.7. The standard InChI is InChI=1S/C16H31N3O2/c1-4-7-18-8-5-6-14(18)15(20)19-11-9-17(10-12-19)13-16(2,3)21/h14,21H,4-13H2,1-3H3. The van der Waals surface area contributed by atoms with E-state index < -0.39 is 5.60 Å². The van der Waals surface area contributed by atoms with E-state index in [0.29, 0.717) is 12.5 Å². The molecule has 0 spiro atoms. The maximum atomic E-state index is 12.7. The molecule has 2 rings (SSSR count). The molecule has 1 N–H and O–H groups in total. The van der Waals surface area contributed by atoms with Crippen LogP contribution in [0.3, 0.4) is 0 Å². The monoisotopic (exact) mass is 297 g/mol. The molecule has 0 saturated carbocycles. The zero-order chi connectivity index (χ0) is 15.5. The first-order chi connectivity index (χ1) is 9.90. The predicted molar refractivity (Wildman–Crippen MR) is 84.2 cm³/mol. The zero-order valence-electron chi connectivity index (χ0n) is 13.8. The average Bonchev–Trinajstić information content (AvgIpc) is 2.86. The van der Waals surface area contributed by atoms with Crippen molar-refractivity contribution in [2.45, 2.75) is 51.7 Å². The summed E-state index contributed by atoms with van der Waals surface area (Å²) in [5, 5.41) is 9.88. The van der Waals surface area contributed by atoms with Crippen LogP contribution in [0.1, 0.15) is 40.0 Å². The summed E-state index contributed by atoms with van der Waals surface area (Å²) in [6, 6.07) is 0.116. The van der Waals surface area contributed by atoms with Crippen LogP contribution >= 0.6 is 0 Å². The van der Waals surface area contributed by atoms with Crippen molar-refractivity contribution in [2.75, 3.05) is 45.8 Å². The molecule has 0 aromatic rings. The van der Waals surface area contributed by atoms with Gasteiger partial charge in [0.05, 0.1) is 11.6 Å². The van der Waals surface area contributed by atoms with Crippen molar-refractivity contribution in [3.05, 3.63) is 0 Å². The number of rotatable bonds is 5. The van der Waals surface area contributed by atoms with Gasteiger partial charge in [0.25, 0.3) is 0 Å². The molecule has 2 aliphatic rings. The Morgan fingerprint density at radius 1 is 1.19 bits per heavy atom. The van der Waals surface area contributed by atoms with Crippen LogP contribution in [0.5, 0.6) is 0 Å². The van der Waals surface area contributed by atoms with Crippen LogP contribution in [0.25, 0.3) is 0 Å². The molecule has 0 aromatic carbocycles. The van der Waals surface area contributed by atoms with E-state index in [1.54, 1.807) is 0 Å². The summed E-state index contributed by atoms with van der Waals surface area (Å²) in [6.07, 6.45) is 3.28. The lowest BCUT2D eigenvalue weighted by Gasteiger charge is -2.39. The van der Waals surface area contributed by atoms with Crippen molar-refractivity contribution in [3.63, 3.8) is 0 Å². The van der Waals surface area contributed by atoms with Gasteiger partial charge in [0, 0.05) is 32.7 Å². The number of nitrogens with zero attached hydrogens (tertiary/aromatic N) is 3. The van der Waals surface area contributed by atoms with E-state index in [9.17, 15) is 9.90 Å². The van der Waals surface area contributed by atoms with Gasteiger partial charge >= 0.3 is 0 Å². The van der Waals surface area contributed by atoms with E-state index in [0.717, 1.165) is 58.5 Å². The SMILES string of the molecule is CCCN1CCCC1C(=O)N1CCN(CC(C)(C)O)CC1. The fraction of sp³-hybridized carbons (Fsp3) is 0.938. The number of likely N-dealkylation sites (tertiary alicyclic amines) is 1. The van der Waals surface area contributed by atoms with Crippen molar-refractivity contribution in [1.82, 2.24) is 14.7 Å². The number of carbonyl (C=O) groups is 1. The van der Waals surface area contributed by atoms with Gasteiger partial charge in [0.15, 0.2) is 0 Å². The molecule has 0 aliphatic carbocycles. The van der Waals surface area contributed by atoms with Crippen LogP contribution in [-0.2, 0) is 4.79 Å². The molecule has 0 radical (unpaired) electrons. The number of piperazine rings is 1. The van der Waals surface area contributed by atoms with Crippen LogP contribution in [0, 0.1) is 0 Å². The largest absolute Gasteiger partial charge is 0.389 e. The lowest BCUT2D eigenvalue weighted by molar-refractivity contribution is -0.138. The van der Waals surface area contributed by atoms with E-state index in [1.165, 1.54) is 0 Å². The van der Waals surface area contributed by atoms with E-state index in [-0.39, 0.29) is 6.04 Å². The maximum Gasteiger partial charge on any atom is 0.240 e. The number of amides is 1. The van der Waals surface area contributed by atoms with Crippen LogP contribution in [0.4, 0.5) is 0 Å². The molecule has 1 atom stereocenters. The molecule has 21 heavy (non-hydrogen) atoms. The summed E-state index contributed by atoms with van der Waals surface area (Å²) >= 11 is 0. The minimum atomic E-state index is -0.657. The molecular weight excluding hydrogens is 266 g/mol. The molecule has 0 aromatic heterocycles. The second-order valence-corrected chi connectivity index (χ2v) is 7.11. The van der Waals surface area contributed by atoms with Crippen LogP contribution < -0.4 is 0 Å². The average molecular weight is 297 g/mol. The van der Waals surface area contributed by atoms with Crippen LogP contribution in [0.15, 0.2) is 0 Å². The highest BCUT2D eigenvalue weighted by Crippen LogP contribution is 2.20. The Bertz CT molecular complexity index is 346. The van der Waals surface area contributed by atoms with Crippen molar-refractivity contribution < 1.29 is 9.90 Å². The normalized spacial score (nSPS) is 25.5. The van der Waals surface area contributed by atoms with E-state index in [4.69, 9.17) is 0 Å². The smallest absolute Gasteiger partial charge is 0.240 e. The van der Waals surface area contributed by atoms with Gasteiger partial charge in [-0.15, -0.1) is 0 Å². The lowest BCUT2D eigenvalue weighted by atomic mass is 10.1. The Balaban J connectivity index is 1.83. The first kappa shape index (κ1) is 16.7. The van der Waals surface area contributed by atoms with E-state index in [1.807, 2.05) is 18.7 Å². The van der Waals surface area contributed by atoms with Gasteiger partial charge < -0.3 is 10.0 Å². The Labute approximate surface area is 128 Å². The number of hydrogen-bond donors (Lipinski definition) is 1. The highest BCUT2D eigenvalue weighted by atomic mass is 16.3. The van der Waals surface area contributed by atoms with Crippen molar-refractivity contribution in [3.8, 4) is 0 Å². The summed E-state index contributed by atoms with van der Waals surface area (Å²) in [6.45, 7) is 12.0. The third kappa shape index (κ3) is 4.66. The van der Waals surface area contributed by atoms with Gasteiger partial charge in [-0.3, -0.25) is 14.6 Å². The summed E-state index contributed by atoms with van der Waals surface area (Å²) in [4.78, 5) is 19.3. The Morgan fingerprint density at radius 2 is 1.86 bits per heavy atom. The summed E-state index contributed by atoms with van der Waals surface area (Å²) in [5.74, 6) is 0.323. The number of aliphatic hydroxyl groups is 1. The molecule has 5 heteroatoms. The van der Waals surface area contributed by atoms with Gasteiger partial charge in [-0.05, 0) is 46.2 Å². The van der Waals surface area contributed by atoms with Gasteiger partial charge in [0.2, 0.25) is 5.91 Å². The summed E-state index contributed by atoms with van der Waals surface area (Å²) in [7, 11) is 0. The second kappa shape index (κ2) is 7.07. The van der Waals surface area contributed by atoms with Gasteiger partial charge in [0.1, 0.15) is 0 Å². The highest BCUT2D eigenvalue weighted by Gasteiger charge is 2.34. The third-order valence-corrected chi connectivity index (χ3v) is 4.45. The number of carbonyl (C=O) groups excluding carboxylic acids is 1. The number of hydrogen-bond acceptors (Lipinski definition) is 4. The Hall–Kier alpha value is -0.650. The third-order valence-electron chi connectivity index (χ3n) is 4.45. The molecule has 2 aliphatic heterocycles. The van der Waals surface area contributed by atoms with Gasteiger partial charge in [-0.2, -0.15) is 0 Å². The van der Waals surface area contributed by atoms with Crippen LogP contribution in [-0.4, -0.2) is 83.2 Å².